The fourth-order valence-electron chi connectivity index (χ4n) is 3.34. The van der Waals surface area contributed by atoms with Crippen LogP contribution in [0.15, 0.2) is 30.3 Å². The van der Waals surface area contributed by atoms with Gasteiger partial charge in [0.2, 0.25) is 0 Å². The van der Waals surface area contributed by atoms with Gasteiger partial charge in [-0.1, -0.05) is 51.1 Å². The van der Waals surface area contributed by atoms with E-state index in [1.807, 2.05) is 6.07 Å². The first kappa shape index (κ1) is 14.5. The molecule has 0 aliphatic carbocycles. The lowest BCUT2D eigenvalue weighted by Gasteiger charge is -2.37. The van der Waals surface area contributed by atoms with Gasteiger partial charge in [-0.2, -0.15) is 0 Å². The second-order valence-electron chi connectivity index (χ2n) is 7.00. The molecule has 0 radical (unpaired) electrons. The molecule has 2 nitrogen and oxygen atoms in total. The van der Waals surface area contributed by atoms with E-state index >= 15 is 0 Å². The van der Waals surface area contributed by atoms with E-state index in [1.54, 1.807) is 0 Å². The minimum absolute atomic E-state index is 0.0943. The molecule has 0 saturated carbocycles. The van der Waals surface area contributed by atoms with Crippen molar-refractivity contribution in [2.75, 3.05) is 13.1 Å². The van der Waals surface area contributed by atoms with Crippen LogP contribution in [0.2, 0.25) is 0 Å². The molecule has 1 saturated heterocycles. The highest BCUT2D eigenvalue weighted by Crippen LogP contribution is 2.35. The van der Waals surface area contributed by atoms with Gasteiger partial charge >= 0.3 is 0 Å². The molecule has 2 rings (SSSR count). The zero-order valence-corrected chi connectivity index (χ0v) is 12.8. The van der Waals surface area contributed by atoms with Gasteiger partial charge in [-0.15, -0.1) is 0 Å². The number of benzene rings is 1. The molecule has 0 aromatic heterocycles. The smallest absolute Gasteiger partial charge is 0.0359 e. The number of nitrogens with two attached hydrogens (primary N) is 1. The largest absolute Gasteiger partial charge is 0.323 e. The molecule has 1 fully saturated rings. The quantitative estimate of drug-likeness (QED) is 0.898. The zero-order valence-electron chi connectivity index (χ0n) is 12.8. The van der Waals surface area contributed by atoms with Crippen molar-refractivity contribution in [3.8, 4) is 0 Å². The number of nitrogens with zero attached hydrogens (tertiary/aromatic N) is 1. The molecule has 1 heterocycles. The summed E-state index contributed by atoms with van der Waals surface area (Å²) in [4.78, 5) is 2.60. The van der Waals surface area contributed by atoms with E-state index in [2.05, 4.69) is 56.9 Å². The molecule has 3 atom stereocenters. The molecule has 1 aromatic carbocycles. The fourth-order valence-corrected chi connectivity index (χ4v) is 3.34. The van der Waals surface area contributed by atoms with Gasteiger partial charge in [-0.25, -0.2) is 0 Å². The maximum atomic E-state index is 6.50. The predicted octanol–water partition coefficient (Wildman–Crippen LogP) is 3.44. The van der Waals surface area contributed by atoms with Gasteiger partial charge in [0.25, 0.3) is 0 Å². The highest BCUT2D eigenvalue weighted by molar-refractivity contribution is 5.20. The third-order valence-electron chi connectivity index (χ3n) is 4.52. The molecule has 0 spiro atoms. The molecule has 106 valence electrons. The summed E-state index contributed by atoms with van der Waals surface area (Å²) in [5, 5.41) is 0. The predicted molar refractivity (Wildman–Crippen MR) is 82.0 cm³/mol. The molecule has 1 aromatic rings. The molecular weight excluding hydrogens is 232 g/mol. The van der Waals surface area contributed by atoms with Crippen LogP contribution in [0.3, 0.4) is 0 Å². The zero-order chi connectivity index (χ0) is 14.0. The van der Waals surface area contributed by atoms with E-state index in [1.165, 1.54) is 18.5 Å². The molecule has 2 N–H and O–H groups in total. The Kier molecular flexibility index (Phi) is 4.32. The average molecular weight is 260 g/mol. The van der Waals surface area contributed by atoms with Crippen LogP contribution in [-0.4, -0.2) is 24.0 Å². The van der Waals surface area contributed by atoms with Crippen molar-refractivity contribution in [3.63, 3.8) is 0 Å². The SMILES string of the molecule is CC1CC(C)N(CC(C)(C)C(N)c2ccccc2)C1. The number of hydrogen-bond acceptors (Lipinski definition) is 2. The van der Waals surface area contributed by atoms with Crippen molar-refractivity contribution in [3.05, 3.63) is 35.9 Å². The van der Waals surface area contributed by atoms with Crippen LogP contribution in [0.25, 0.3) is 0 Å². The molecule has 0 amide bonds. The van der Waals surface area contributed by atoms with Crippen molar-refractivity contribution in [1.29, 1.82) is 0 Å². The summed E-state index contributed by atoms with van der Waals surface area (Å²) >= 11 is 0. The van der Waals surface area contributed by atoms with Crippen molar-refractivity contribution < 1.29 is 0 Å². The normalized spacial score (nSPS) is 26.6. The molecule has 3 unspecified atom stereocenters. The maximum Gasteiger partial charge on any atom is 0.0359 e. The fraction of sp³-hybridized carbons (Fsp3) is 0.647. The Balaban J connectivity index is 2.05. The Morgan fingerprint density at radius 3 is 2.42 bits per heavy atom. The van der Waals surface area contributed by atoms with Crippen LogP contribution < -0.4 is 5.73 Å². The number of hydrogen-bond donors (Lipinski definition) is 1. The highest BCUT2D eigenvalue weighted by Gasteiger charge is 2.34. The van der Waals surface area contributed by atoms with Gasteiger partial charge in [-0.05, 0) is 30.2 Å². The minimum Gasteiger partial charge on any atom is -0.323 e. The Labute approximate surface area is 118 Å². The summed E-state index contributed by atoms with van der Waals surface area (Å²) in [5.41, 5.74) is 7.84. The second kappa shape index (κ2) is 5.64. The van der Waals surface area contributed by atoms with Crippen LogP contribution in [0.5, 0.6) is 0 Å². The van der Waals surface area contributed by atoms with Crippen molar-refractivity contribution in [1.82, 2.24) is 4.90 Å². The van der Waals surface area contributed by atoms with Crippen LogP contribution in [0.4, 0.5) is 0 Å². The second-order valence-corrected chi connectivity index (χ2v) is 7.00. The van der Waals surface area contributed by atoms with Gasteiger partial charge < -0.3 is 5.73 Å². The maximum absolute atomic E-state index is 6.50. The average Bonchev–Trinajstić information content (AvgIpc) is 2.67. The monoisotopic (exact) mass is 260 g/mol. The van der Waals surface area contributed by atoms with Gasteiger partial charge in [0.15, 0.2) is 0 Å². The van der Waals surface area contributed by atoms with Crippen molar-refractivity contribution >= 4 is 0 Å². The summed E-state index contributed by atoms with van der Waals surface area (Å²) < 4.78 is 0. The van der Waals surface area contributed by atoms with Gasteiger partial charge in [0.05, 0.1) is 0 Å². The van der Waals surface area contributed by atoms with Crippen molar-refractivity contribution in [2.24, 2.45) is 17.1 Å². The number of rotatable bonds is 4. The summed E-state index contributed by atoms with van der Waals surface area (Å²) in [7, 11) is 0. The van der Waals surface area contributed by atoms with E-state index in [-0.39, 0.29) is 11.5 Å². The Bertz CT molecular complexity index is 399. The lowest BCUT2D eigenvalue weighted by molar-refractivity contribution is 0.145. The minimum atomic E-state index is 0.0943. The van der Waals surface area contributed by atoms with Crippen LogP contribution in [-0.2, 0) is 0 Å². The van der Waals surface area contributed by atoms with E-state index in [0.29, 0.717) is 6.04 Å². The number of likely N-dealkylation sites (tertiary alicyclic amines) is 1. The Morgan fingerprint density at radius 2 is 1.89 bits per heavy atom. The van der Waals surface area contributed by atoms with Crippen LogP contribution in [0.1, 0.15) is 45.7 Å². The lowest BCUT2D eigenvalue weighted by atomic mass is 9.80. The Hall–Kier alpha value is -0.860. The first-order valence-corrected chi connectivity index (χ1v) is 7.45. The van der Waals surface area contributed by atoms with E-state index < -0.39 is 0 Å². The third-order valence-corrected chi connectivity index (χ3v) is 4.52. The first-order valence-electron chi connectivity index (χ1n) is 7.45. The van der Waals surface area contributed by atoms with Gasteiger partial charge in [-0.3, -0.25) is 4.90 Å². The van der Waals surface area contributed by atoms with Gasteiger partial charge in [0, 0.05) is 25.2 Å². The van der Waals surface area contributed by atoms with E-state index in [4.69, 9.17) is 5.73 Å². The molecule has 0 bridgehead atoms. The first-order chi connectivity index (χ1) is 8.90. The molecule has 19 heavy (non-hydrogen) atoms. The summed E-state index contributed by atoms with van der Waals surface area (Å²) in [6.07, 6.45) is 1.32. The van der Waals surface area contributed by atoms with Crippen LogP contribution >= 0.6 is 0 Å². The lowest BCUT2D eigenvalue weighted by Crippen LogP contribution is -2.42. The van der Waals surface area contributed by atoms with Crippen LogP contribution in [0, 0.1) is 11.3 Å². The van der Waals surface area contributed by atoms with E-state index in [9.17, 15) is 0 Å². The molecular formula is C17H28N2. The molecule has 1 aliphatic heterocycles. The topological polar surface area (TPSA) is 29.3 Å². The standard InChI is InChI=1S/C17H28N2/c1-13-10-14(2)19(11-13)12-17(3,4)16(18)15-8-6-5-7-9-15/h5-9,13-14,16H,10-12,18H2,1-4H3. The third kappa shape index (κ3) is 3.37. The Morgan fingerprint density at radius 1 is 1.26 bits per heavy atom. The van der Waals surface area contributed by atoms with E-state index in [0.717, 1.165) is 12.5 Å². The molecule has 2 heteroatoms. The van der Waals surface area contributed by atoms with Crippen molar-refractivity contribution in [2.45, 2.75) is 46.2 Å². The summed E-state index contributed by atoms with van der Waals surface area (Å²) in [6.45, 7) is 11.6. The highest BCUT2D eigenvalue weighted by atomic mass is 15.2. The summed E-state index contributed by atoms with van der Waals surface area (Å²) in [6, 6.07) is 11.3. The summed E-state index contributed by atoms with van der Waals surface area (Å²) in [5.74, 6) is 0.818. The van der Waals surface area contributed by atoms with Gasteiger partial charge in [0.1, 0.15) is 0 Å². The molecule has 1 aliphatic rings.